The fourth-order valence-corrected chi connectivity index (χ4v) is 3.11. The normalized spacial score (nSPS) is 17.4. The van der Waals surface area contributed by atoms with Gasteiger partial charge in [0.2, 0.25) is 5.91 Å². The predicted octanol–water partition coefficient (Wildman–Crippen LogP) is 2.27. The van der Waals surface area contributed by atoms with Crippen LogP contribution in [0.15, 0.2) is 30.6 Å². The average Bonchev–Trinajstić information content (AvgIpc) is 3.13. The first-order chi connectivity index (χ1) is 10.7. The molecule has 1 aliphatic rings. The smallest absolute Gasteiger partial charge is 0.227 e. The van der Waals surface area contributed by atoms with Gasteiger partial charge in [0.25, 0.3) is 0 Å². The molecular weight excluding hydrogens is 278 g/mol. The monoisotopic (exact) mass is 295 g/mol. The molecule has 3 aromatic rings. The second-order valence-electron chi connectivity index (χ2n) is 5.80. The van der Waals surface area contributed by atoms with Gasteiger partial charge in [-0.1, -0.05) is 0 Å². The number of hydrogen-bond donors (Lipinski definition) is 2. The van der Waals surface area contributed by atoms with E-state index in [1.54, 1.807) is 6.20 Å². The Morgan fingerprint density at radius 1 is 1.41 bits per heavy atom. The molecule has 2 N–H and O–H groups in total. The van der Waals surface area contributed by atoms with E-state index in [0.717, 1.165) is 47.5 Å². The first-order valence-corrected chi connectivity index (χ1v) is 7.46. The van der Waals surface area contributed by atoms with Gasteiger partial charge in [0, 0.05) is 41.8 Å². The maximum absolute atomic E-state index is 12.5. The second-order valence-corrected chi connectivity index (χ2v) is 5.80. The van der Waals surface area contributed by atoms with Gasteiger partial charge in [-0.05, 0) is 31.5 Å². The Hall–Kier alpha value is -2.63. The predicted molar refractivity (Wildman–Crippen MR) is 83.5 cm³/mol. The molecule has 0 aliphatic carbocycles. The number of amides is 1. The number of benzene rings is 1. The fourth-order valence-electron chi connectivity index (χ4n) is 3.11. The van der Waals surface area contributed by atoms with Crippen LogP contribution in [-0.4, -0.2) is 25.7 Å². The van der Waals surface area contributed by atoms with Gasteiger partial charge in [-0.15, -0.1) is 0 Å². The molecule has 1 amide bonds. The van der Waals surface area contributed by atoms with Crippen molar-refractivity contribution in [2.45, 2.75) is 26.3 Å². The topological polar surface area (TPSA) is 75.6 Å². The molecule has 4 rings (SSSR count). The van der Waals surface area contributed by atoms with Gasteiger partial charge in [0.15, 0.2) is 0 Å². The standard InChI is InChI=1S/C16H17N5O/c1-10-17-9-14-6-11(4-5-21(10)14)16(22)19-13-3-2-12-8-18-20-15(12)7-13/h2-3,7-9,11H,4-6H2,1H3,(H,18,20)(H,19,22). The number of aryl methyl sites for hydroxylation is 1. The van der Waals surface area contributed by atoms with Crippen molar-refractivity contribution < 1.29 is 4.79 Å². The Balaban J connectivity index is 1.50. The lowest BCUT2D eigenvalue weighted by atomic mass is 9.95. The third-order valence-corrected chi connectivity index (χ3v) is 4.37. The highest BCUT2D eigenvalue weighted by Gasteiger charge is 2.25. The lowest BCUT2D eigenvalue weighted by Crippen LogP contribution is -2.30. The van der Waals surface area contributed by atoms with Crippen LogP contribution in [-0.2, 0) is 17.8 Å². The van der Waals surface area contributed by atoms with Crippen LogP contribution in [0.25, 0.3) is 10.9 Å². The summed E-state index contributed by atoms with van der Waals surface area (Å²) < 4.78 is 2.19. The zero-order valence-electron chi connectivity index (χ0n) is 12.3. The molecule has 0 bridgehead atoms. The van der Waals surface area contributed by atoms with Crippen molar-refractivity contribution in [1.29, 1.82) is 0 Å². The Kier molecular flexibility index (Phi) is 2.96. The summed E-state index contributed by atoms with van der Waals surface area (Å²) in [5.41, 5.74) is 2.88. The highest BCUT2D eigenvalue weighted by Crippen LogP contribution is 2.24. The largest absolute Gasteiger partial charge is 0.332 e. The second kappa shape index (κ2) is 4.98. The first-order valence-electron chi connectivity index (χ1n) is 7.46. The van der Waals surface area contributed by atoms with Crippen molar-refractivity contribution in [3.8, 4) is 0 Å². The minimum Gasteiger partial charge on any atom is -0.332 e. The van der Waals surface area contributed by atoms with Gasteiger partial charge >= 0.3 is 0 Å². The van der Waals surface area contributed by atoms with Gasteiger partial charge in [0.1, 0.15) is 5.82 Å². The lowest BCUT2D eigenvalue weighted by molar-refractivity contribution is -0.120. The van der Waals surface area contributed by atoms with Gasteiger partial charge in [-0.3, -0.25) is 9.89 Å². The Morgan fingerprint density at radius 3 is 3.23 bits per heavy atom. The number of fused-ring (bicyclic) bond motifs is 2. The maximum atomic E-state index is 12.5. The highest BCUT2D eigenvalue weighted by molar-refractivity contribution is 5.95. The molecule has 6 heteroatoms. The molecule has 0 spiro atoms. The van der Waals surface area contributed by atoms with E-state index in [1.165, 1.54) is 0 Å². The summed E-state index contributed by atoms with van der Waals surface area (Å²) >= 11 is 0. The number of aromatic amines is 1. The van der Waals surface area contributed by atoms with Crippen LogP contribution >= 0.6 is 0 Å². The zero-order valence-corrected chi connectivity index (χ0v) is 12.3. The Bertz CT molecular complexity index is 847. The molecule has 0 radical (unpaired) electrons. The van der Waals surface area contributed by atoms with Crippen LogP contribution in [0.4, 0.5) is 5.69 Å². The number of carbonyl (C=O) groups excluding carboxylic acids is 1. The Morgan fingerprint density at radius 2 is 2.32 bits per heavy atom. The van der Waals surface area contributed by atoms with Crippen LogP contribution in [0.3, 0.4) is 0 Å². The van der Waals surface area contributed by atoms with E-state index in [0.29, 0.717) is 0 Å². The Labute approximate surface area is 127 Å². The van der Waals surface area contributed by atoms with Crippen LogP contribution in [0.2, 0.25) is 0 Å². The van der Waals surface area contributed by atoms with E-state index in [4.69, 9.17) is 0 Å². The third-order valence-electron chi connectivity index (χ3n) is 4.37. The number of anilines is 1. The number of imidazole rings is 1. The molecule has 0 fully saturated rings. The number of H-pyrrole nitrogens is 1. The fraction of sp³-hybridized carbons (Fsp3) is 0.312. The summed E-state index contributed by atoms with van der Waals surface area (Å²) in [6, 6.07) is 5.78. The van der Waals surface area contributed by atoms with E-state index in [2.05, 4.69) is 25.1 Å². The molecule has 112 valence electrons. The average molecular weight is 295 g/mol. The van der Waals surface area contributed by atoms with Crippen molar-refractivity contribution in [3.05, 3.63) is 42.1 Å². The molecule has 3 heterocycles. The molecule has 0 saturated heterocycles. The summed E-state index contributed by atoms with van der Waals surface area (Å²) in [5, 5.41) is 11.0. The van der Waals surface area contributed by atoms with Gasteiger partial charge in [-0.2, -0.15) is 5.10 Å². The summed E-state index contributed by atoms with van der Waals surface area (Å²) in [4.78, 5) is 16.8. The van der Waals surface area contributed by atoms with Crippen LogP contribution in [0.5, 0.6) is 0 Å². The van der Waals surface area contributed by atoms with Crippen molar-refractivity contribution in [2.75, 3.05) is 5.32 Å². The van der Waals surface area contributed by atoms with Gasteiger partial charge in [-0.25, -0.2) is 4.98 Å². The molecule has 1 aromatic carbocycles. The molecule has 22 heavy (non-hydrogen) atoms. The molecule has 1 unspecified atom stereocenters. The highest BCUT2D eigenvalue weighted by atomic mass is 16.1. The molecule has 1 atom stereocenters. The minimum atomic E-state index is 0.000985. The number of aromatic nitrogens is 4. The van der Waals surface area contributed by atoms with Gasteiger partial charge < -0.3 is 9.88 Å². The summed E-state index contributed by atoms with van der Waals surface area (Å²) in [6.45, 7) is 2.86. The summed E-state index contributed by atoms with van der Waals surface area (Å²) in [7, 11) is 0. The zero-order chi connectivity index (χ0) is 15.1. The first kappa shape index (κ1) is 13.1. The lowest BCUT2D eigenvalue weighted by Gasteiger charge is -2.23. The number of hydrogen-bond acceptors (Lipinski definition) is 3. The van der Waals surface area contributed by atoms with E-state index in [9.17, 15) is 4.79 Å². The third kappa shape index (κ3) is 2.16. The molecule has 0 saturated carbocycles. The molecule has 1 aliphatic heterocycles. The van der Waals surface area contributed by atoms with E-state index in [1.807, 2.05) is 31.3 Å². The van der Waals surface area contributed by atoms with Crippen LogP contribution in [0.1, 0.15) is 17.9 Å². The van der Waals surface area contributed by atoms with Crippen molar-refractivity contribution in [1.82, 2.24) is 19.7 Å². The molecule has 2 aromatic heterocycles. The number of rotatable bonds is 2. The van der Waals surface area contributed by atoms with Crippen LogP contribution < -0.4 is 5.32 Å². The number of nitrogens with one attached hydrogen (secondary N) is 2. The maximum Gasteiger partial charge on any atom is 0.227 e. The molecule has 6 nitrogen and oxygen atoms in total. The van der Waals surface area contributed by atoms with Crippen molar-refractivity contribution >= 4 is 22.5 Å². The van der Waals surface area contributed by atoms with E-state index < -0.39 is 0 Å². The quantitative estimate of drug-likeness (QED) is 0.761. The van der Waals surface area contributed by atoms with Crippen molar-refractivity contribution in [3.63, 3.8) is 0 Å². The minimum absolute atomic E-state index is 0.000985. The number of carbonyl (C=O) groups is 1. The van der Waals surface area contributed by atoms with E-state index in [-0.39, 0.29) is 11.8 Å². The summed E-state index contributed by atoms with van der Waals surface area (Å²) in [6.07, 6.45) is 5.25. The van der Waals surface area contributed by atoms with Gasteiger partial charge in [0.05, 0.1) is 11.7 Å². The SMILES string of the molecule is Cc1ncc2n1CCC(C(=O)Nc1ccc3cn[nH]c3c1)C2. The number of nitrogens with zero attached hydrogens (tertiary/aromatic N) is 3. The molecular formula is C16H17N5O. The van der Waals surface area contributed by atoms with E-state index >= 15 is 0 Å². The summed E-state index contributed by atoms with van der Waals surface area (Å²) in [5.74, 6) is 1.10. The van der Waals surface area contributed by atoms with Crippen molar-refractivity contribution in [2.24, 2.45) is 5.92 Å². The van der Waals surface area contributed by atoms with Crippen LogP contribution in [0, 0.1) is 12.8 Å².